The van der Waals surface area contributed by atoms with Crippen molar-refractivity contribution in [2.45, 2.75) is 65.0 Å². The van der Waals surface area contributed by atoms with Crippen molar-refractivity contribution in [1.82, 2.24) is 39.7 Å². The fourth-order valence-electron chi connectivity index (χ4n) is 9.39. The van der Waals surface area contributed by atoms with Crippen molar-refractivity contribution in [2.75, 3.05) is 46.2 Å². The first kappa shape index (κ1) is 53.2. The smallest absolute Gasteiger partial charge is 0.170 e. The topological polar surface area (TPSA) is 175 Å². The maximum atomic E-state index is 14.4. The van der Waals surface area contributed by atoms with Gasteiger partial charge >= 0.3 is 0 Å². The van der Waals surface area contributed by atoms with Crippen molar-refractivity contribution < 1.29 is 33.6 Å². The number of aromatic nitrogens is 6. The number of aromatic hydroxyl groups is 1. The van der Waals surface area contributed by atoms with Crippen molar-refractivity contribution in [1.29, 1.82) is 0 Å². The highest BCUT2D eigenvalue weighted by Crippen LogP contribution is 2.29. The minimum absolute atomic E-state index is 0.00887. The quantitative estimate of drug-likeness (QED) is 0.0433. The van der Waals surface area contributed by atoms with E-state index >= 15 is 0 Å². The van der Waals surface area contributed by atoms with Crippen LogP contribution in [0, 0.1) is 0 Å². The van der Waals surface area contributed by atoms with E-state index in [1.54, 1.807) is 18.2 Å². The number of hydrogen-bond acceptors (Lipinski definition) is 15. The Balaban J connectivity index is 0.732. The summed E-state index contributed by atoms with van der Waals surface area (Å²) in [5.74, 6) is 0.149. The van der Waals surface area contributed by atoms with Crippen LogP contribution >= 0.6 is 0 Å². The second-order valence-corrected chi connectivity index (χ2v) is 19.4. The molecule has 7 aliphatic heterocycles. The van der Waals surface area contributed by atoms with Gasteiger partial charge in [0.2, 0.25) is 0 Å². The molecule has 15 heteroatoms. The Bertz CT molecular complexity index is 3240. The lowest BCUT2D eigenvalue weighted by Gasteiger charge is -2.24. The predicted molar refractivity (Wildman–Crippen MR) is 298 cm³/mol. The zero-order chi connectivity index (χ0) is 53.3. The minimum atomic E-state index is -0.140. The second-order valence-electron chi connectivity index (χ2n) is 19.4. The van der Waals surface area contributed by atoms with E-state index in [0.717, 1.165) is 67.8 Å². The van der Waals surface area contributed by atoms with Crippen molar-refractivity contribution in [2.24, 2.45) is 0 Å². The maximum absolute atomic E-state index is 14.4. The summed E-state index contributed by atoms with van der Waals surface area (Å²) < 4.78 is 23.0. The number of carbonyl (C=O) groups excluding carboxylic acids is 2. The summed E-state index contributed by atoms with van der Waals surface area (Å²) in [4.78, 5) is 61.8. The first-order valence-corrected chi connectivity index (χ1v) is 26.5. The van der Waals surface area contributed by atoms with E-state index < -0.39 is 0 Å². The summed E-state index contributed by atoms with van der Waals surface area (Å²) >= 11 is 0. The van der Waals surface area contributed by atoms with E-state index in [-0.39, 0.29) is 36.1 Å². The number of rotatable bonds is 20. The van der Waals surface area contributed by atoms with Crippen LogP contribution in [0.25, 0.3) is 46.3 Å². The monoisotopic (exact) mass is 1040 g/mol. The van der Waals surface area contributed by atoms with Crippen LogP contribution in [-0.4, -0.2) is 103 Å². The number of phenolic OH excluding ortho intramolecular Hbond substituents is 1. The van der Waals surface area contributed by atoms with Gasteiger partial charge in [-0.05, 0) is 108 Å². The van der Waals surface area contributed by atoms with Crippen LogP contribution in [0.15, 0.2) is 152 Å². The average molecular weight is 1040 g/mol. The first-order chi connectivity index (χ1) is 38.3. The Labute approximate surface area is 454 Å². The SMILES string of the molecule is O=C(CCCOCCOCCOCCCC(=O)c1cc2ncc1CN1Cc3cccc(n3)-c3cccc(n3)CN(Cc3ccc-2nc3)Cc2cccc(n2)-c2cccc(n2)C1)COc1cc(/C=C/c2ccccc2)ccc1O. The fourth-order valence-corrected chi connectivity index (χ4v) is 9.39. The lowest BCUT2D eigenvalue weighted by atomic mass is 10.00. The van der Waals surface area contributed by atoms with Crippen molar-refractivity contribution in [3.63, 3.8) is 0 Å². The molecule has 2 aromatic carbocycles. The number of carbonyl (C=O) groups is 2. The molecular formula is C63H62N8O7. The molecule has 0 fully saturated rings. The molecule has 15 rings (SSSR count). The number of nitrogens with zero attached hydrogens (tertiary/aromatic N) is 8. The van der Waals surface area contributed by atoms with Gasteiger partial charge < -0.3 is 24.1 Å². The van der Waals surface area contributed by atoms with Gasteiger partial charge in [-0.15, -0.1) is 0 Å². The van der Waals surface area contributed by atoms with Gasteiger partial charge in [-0.3, -0.25) is 29.4 Å². The van der Waals surface area contributed by atoms with Crippen LogP contribution in [0.5, 0.6) is 11.5 Å². The summed E-state index contributed by atoms with van der Waals surface area (Å²) in [7, 11) is 0. The van der Waals surface area contributed by atoms with Gasteiger partial charge in [0.1, 0.15) is 6.61 Å². The van der Waals surface area contributed by atoms with E-state index in [0.29, 0.717) is 115 Å². The molecule has 0 amide bonds. The molecule has 0 unspecified atom stereocenters. The van der Waals surface area contributed by atoms with Crippen LogP contribution in [-0.2, 0) is 58.3 Å². The van der Waals surface area contributed by atoms with E-state index in [1.165, 1.54) is 0 Å². The number of benzene rings is 2. The standard InChI is InChI=1S/C63H62N8O7/c72-53(44-78-63-34-46(25-27-62(63)74)23-22-45-10-2-1-3-11-45)16-8-28-75-30-32-77-33-31-76-29-9-21-61(73)54-35-60-55-26-24-47(36-64-55)38-70-40-49-12-4-17-56(66-49)58-19-6-14-51(68-58)42-71(39-48(54)37-65-60)43-52-15-7-20-59(69-52)57-18-5-13-50(41-70)67-57/h1-7,10-15,17-20,22-27,34-37,74H,8-9,16,21,28-33,38-44H2/b23-22+. The zero-order valence-electron chi connectivity index (χ0n) is 43.6. The van der Waals surface area contributed by atoms with Gasteiger partial charge in [0.25, 0.3) is 0 Å². The number of phenols is 1. The Morgan fingerprint density at radius 3 is 1.60 bits per heavy atom. The average Bonchev–Trinajstić information content (AvgIpc) is 3.50. The first-order valence-electron chi connectivity index (χ1n) is 26.5. The lowest BCUT2D eigenvalue weighted by molar-refractivity contribution is -0.121. The van der Waals surface area contributed by atoms with Crippen LogP contribution in [0.3, 0.4) is 0 Å². The third kappa shape index (κ3) is 15.1. The molecule has 8 aromatic rings. The van der Waals surface area contributed by atoms with Crippen molar-refractivity contribution in [3.05, 3.63) is 203 Å². The summed E-state index contributed by atoms with van der Waals surface area (Å²) in [6.07, 6.45) is 9.23. The minimum Gasteiger partial charge on any atom is -0.504 e. The van der Waals surface area contributed by atoms with E-state index in [4.69, 9.17) is 48.9 Å². The molecule has 7 aliphatic rings. The van der Waals surface area contributed by atoms with Crippen molar-refractivity contribution >= 4 is 23.7 Å². The molecular weight excluding hydrogens is 981 g/mol. The third-order valence-corrected chi connectivity index (χ3v) is 13.3. The van der Waals surface area contributed by atoms with Crippen LogP contribution in [0.1, 0.15) is 81.1 Å². The number of Topliss-reactive ketones (excluding diaryl/α,β-unsaturated/α-hetero) is 2. The number of hydrogen-bond donors (Lipinski definition) is 1. The summed E-state index contributed by atoms with van der Waals surface area (Å²) in [5, 5.41) is 10.3. The number of ether oxygens (including phenoxy) is 4. The molecule has 396 valence electrons. The fraction of sp³-hybridized carbons (Fsp3) is 0.270. The highest BCUT2D eigenvalue weighted by Gasteiger charge is 2.21. The van der Waals surface area contributed by atoms with Gasteiger partial charge in [-0.1, -0.05) is 78.9 Å². The summed E-state index contributed by atoms with van der Waals surface area (Å²) in [6, 6.07) is 45.2. The van der Waals surface area contributed by atoms with E-state index in [9.17, 15) is 14.7 Å². The number of ketones is 2. The molecule has 0 saturated carbocycles. The van der Waals surface area contributed by atoms with Gasteiger partial charge in [-0.2, -0.15) is 0 Å². The second kappa shape index (κ2) is 26.7. The Morgan fingerprint density at radius 2 is 1.03 bits per heavy atom. The molecule has 0 saturated heterocycles. The molecule has 14 bridgehead atoms. The molecule has 15 nitrogen and oxygen atoms in total. The van der Waals surface area contributed by atoms with E-state index in [2.05, 4.69) is 28.0 Å². The Kier molecular flexibility index (Phi) is 18.2. The van der Waals surface area contributed by atoms with Gasteiger partial charge in [0.05, 0.1) is 83.4 Å². The zero-order valence-corrected chi connectivity index (χ0v) is 43.6. The normalized spacial score (nSPS) is 14.9. The molecule has 6 aromatic heterocycles. The van der Waals surface area contributed by atoms with Gasteiger partial charge in [-0.25, -0.2) is 19.9 Å². The largest absolute Gasteiger partial charge is 0.504 e. The van der Waals surface area contributed by atoms with E-state index in [1.807, 2.05) is 128 Å². The van der Waals surface area contributed by atoms with Crippen LogP contribution in [0.2, 0.25) is 0 Å². The lowest BCUT2D eigenvalue weighted by Crippen LogP contribution is -2.25. The molecule has 0 aliphatic carbocycles. The Morgan fingerprint density at radius 1 is 0.487 bits per heavy atom. The number of pyridine rings is 6. The molecule has 13 heterocycles. The van der Waals surface area contributed by atoms with Gasteiger partial charge in [0.15, 0.2) is 23.1 Å². The highest BCUT2D eigenvalue weighted by atomic mass is 16.5. The van der Waals surface area contributed by atoms with Crippen LogP contribution < -0.4 is 4.74 Å². The molecule has 1 N–H and O–H groups in total. The third-order valence-electron chi connectivity index (χ3n) is 13.3. The molecule has 0 atom stereocenters. The predicted octanol–water partition coefficient (Wildman–Crippen LogP) is 10.4. The summed E-state index contributed by atoms with van der Waals surface area (Å²) in [6.45, 7) is 5.22. The maximum Gasteiger partial charge on any atom is 0.170 e. The molecule has 78 heavy (non-hydrogen) atoms. The van der Waals surface area contributed by atoms with Gasteiger partial charge in [0, 0.05) is 83.3 Å². The molecule has 0 radical (unpaired) electrons. The van der Waals surface area contributed by atoms with Crippen molar-refractivity contribution in [3.8, 4) is 45.7 Å². The van der Waals surface area contributed by atoms with Crippen LogP contribution in [0.4, 0.5) is 0 Å². The molecule has 0 spiro atoms. The Hall–Kier alpha value is -8.18. The summed E-state index contributed by atoms with van der Waals surface area (Å²) in [5.41, 5.74) is 12.3. The highest BCUT2D eigenvalue weighted by molar-refractivity contribution is 5.98.